The fraction of sp³-hybridized carbons (Fsp3) is 0.0909. The zero-order valence-corrected chi connectivity index (χ0v) is 8.83. The Kier molecular flexibility index (Phi) is 2.99. The highest BCUT2D eigenvalue weighted by atomic mass is 32.2. The van der Waals surface area contributed by atoms with Crippen LogP contribution in [0.2, 0.25) is 0 Å². The quantitative estimate of drug-likeness (QED) is 0.780. The predicted octanol–water partition coefficient (Wildman–Crippen LogP) is 2.19. The third-order valence-electron chi connectivity index (χ3n) is 2.21. The van der Waals surface area contributed by atoms with E-state index in [0.29, 0.717) is 11.3 Å². The first kappa shape index (κ1) is 10.1. The number of hydrogen-bond acceptors (Lipinski definition) is 1. The third kappa shape index (κ3) is 2.34. The summed E-state index contributed by atoms with van der Waals surface area (Å²) in [5, 5.41) is 0. The summed E-state index contributed by atoms with van der Waals surface area (Å²) in [6.45, 7) is 0. The van der Waals surface area contributed by atoms with Crippen LogP contribution in [0, 0.1) is 0 Å². The lowest BCUT2D eigenvalue weighted by Crippen LogP contribution is -1.93. The van der Waals surface area contributed by atoms with E-state index in [9.17, 15) is 4.21 Å². The molecule has 1 aromatic heterocycles. The van der Waals surface area contributed by atoms with Crippen LogP contribution < -0.4 is 0 Å². The molecule has 0 aliphatic rings. The van der Waals surface area contributed by atoms with E-state index in [4.69, 9.17) is 4.55 Å². The SMILES string of the molecule is O=S(O)c1c[nH]cc1Cc1ccccc1. The Morgan fingerprint density at radius 2 is 1.93 bits per heavy atom. The van der Waals surface area contributed by atoms with Crippen molar-refractivity contribution in [3.8, 4) is 0 Å². The number of rotatable bonds is 3. The van der Waals surface area contributed by atoms with Crippen molar-refractivity contribution in [2.45, 2.75) is 11.3 Å². The smallest absolute Gasteiger partial charge is 0.188 e. The van der Waals surface area contributed by atoms with Gasteiger partial charge in [-0.1, -0.05) is 30.3 Å². The summed E-state index contributed by atoms with van der Waals surface area (Å²) in [6.07, 6.45) is 4.00. The van der Waals surface area contributed by atoms with E-state index in [0.717, 1.165) is 11.1 Å². The van der Waals surface area contributed by atoms with Crippen LogP contribution in [0.15, 0.2) is 47.6 Å². The Labute approximate surface area is 90.4 Å². The molecule has 4 heteroatoms. The summed E-state index contributed by atoms with van der Waals surface area (Å²) in [4.78, 5) is 3.30. The highest BCUT2D eigenvalue weighted by Crippen LogP contribution is 2.16. The van der Waals surface area contributed by atoms with Gasteiger partial charge in [-0.3, -0.25) is 0 Å². The Hall–Kier alpha value is -1.39. The minimum atomic E-state index is -1.91. The highest BCUT2D eigenvalue weighted by molar-refractivity contribution is 7.79. The van der Waals surface area contributed by atoms with Crippen molar-refractivity contribution in [2.24, 2.45) is 0 Å². The van der Waals surface area contributed by atoms with Gasteiger partial charge in [0.25, 0.3) is 0 Å². The number of H-pyrrole nitrogens is 1. The summed E-state index contributed by atoms with van der Waals surface area (Å²) < 4.78 is 20.0. The lowest BCUT2D eigenvalue weighted by Gasteiger charge is -2.00. The number of aromatic nitrogens is 1. The molecule has 2 aromatic rings. The van der Waals surface area contributed by atoms with Gasteiger partial charge < -0.3 is 9.54 Å². The molecule has 2 N–H and O–H groups in total. The second kappa shape index (κ2) is 4.42. The molecule has 78 valence electrons. The maximum Gasteiger partial charge on any atom is 0.188 e. The molecular formula is C11H11NO2S. The first-order valence-corrected chi connectivity index (χ1v) is 5.68. The fourth-order valence-electron chi connectivity index (χ4n) is 1.50. The molecule has 0 fully saturated rings. The molecule has 1 unspecified atom stereocenters. The zero-order chi connectivity index (χ0) is 10.7. The molecule has 15 heavy (non-hydrogen) atoms. The second-order valence-corrected chi connectivity index (χ2v) is 4.19. The molecular weight excluding hydrogens is 210 g/mol. The molecule has 0 spiro atoms. The van der Waals surface area contributed by atoms with Crippen LogP contribution in [0.3, 0.4) is 0 Å². The third-order valence-corrected chi connectivity index (χ3v) is 2.97. The number of aromatic amines is 1. The molecule has 1 heterocycles. The van der Waals surface area contributed by atoms with Crippen LogP contribution in [0.1, 0.15) is 11.1 Å². The Balaban J connectivity index is 2.25. The van der Waals surface area contributed by atoms with Gasteiger partial charge in [0.05, 0.1) is 4.90 Å². The standard InChI is InChI=1S/C11H11NO2S/c13-15(14)11-8-12-7-10(11)6-9-4-2-1-3-5-9/h1-5,7-8,12H,6H2,(H,13,14). The first-order chi connectivity index (χ1) is 7.27. The molecule has 1 atom stereocenters. The summed E-state index contributed by atoms with van der Waals surface area (Å²) in [5.41, 5.74) is 1.99. The van der Waals surface area contributed by atoms with Crippen LogP contribution >= 0.6 is 0 Å². The van der Waals surface area contributed by atoms with Gasteiger partial charge in [0.2, 0.25) is 0 Å². The normalized spacial score (nSPS) is 12.6. The topological polar surface area (TPSA) is 53.1 Å². The average molecular weight is 221 g/mol. The monoisotopic (exact) mass is 221 g/mol. The van der Waals surface area contributed by atoms with E-state index in [-0.39, 0.29) is 0 Å². The second-order valence-electron chi connectivity index (χ2n) is 3.26. The van der Waals surface area contributed by atoms with Crippen molar-refractivity contribution in [3.05, 3.63) is 53.9 Å². The van der Waals surface area contributed by atoms with Gasteiger partial charge in [-0.2, -0.15) is 0 Å². The van der Waals surface area contributed by atoms with Gasteiger partial charge in [0.15, 0.2) is 11.1 Å². The lowest BCUT2D eigenvalue weighted by molar-refractivity contribution is 0.563. The molecule has 0 radical (unpaired) electrons. The number of nitrogens with one attached hydrogen (secondary N) is 1. The van der Waals surface area contributed by atoms with Gasteiger partial charge >= 0.3 is 0 Å². The van der Waals surface area contributed by atoms with E-state index in [2.05, 4.69) is 4.98 Å². The fourth-order valence-corrected chi connectivity index (χ4v) is 2.02. The van der Waals surface area contributed by atoms with E-state index < -0.39 is 11.1 Å². The Bertz CT molecular complexity index is 464. The summed E-state index contributed by atoms with van der Waals surface area (Å²) in [7, 11) is 0. The molecule has 1 aromatic carbocycles. The number of benzene rings is 1. The van der Waals surface area contributed by atoms with Crippen molar-refractivity contribution in [1.82, 2.24) is 4.98 Å². The summed E-state index contributed by atoms with van der Waals surface area (Å²) >= 11 is -1.91. The van der Waals surface area contributed by atoms with Gasteiger partial charge in [-0.05, 0) is 11.1 Å². The van der Waals surface area contributed by atoms with Crippen molar-refractivity contribution >= 4 is 11.1 Å². The van der Waals surface area contributed by atoms with Crippen molar-refractivity contribution in [1.29, 1.82) is 0 Å². The minimum Gasteiger partial charge on any atom is -0.366 e. The van der Waals surface area contributed by atoms with Crippen LogP contribution in [-0.4, -0.2) is 13.7 Å². The molecule has 2 rings (SSSR count). The van der Waals surface area contributed by atoms with Crippen molar-refractivity contribution in [2.75, 3.05) is 0 Å². The Morgan fingerprint density at radius 1 is 1.20 bits per heavy atom. The van der Waals surface area contributed by atoms with Gasteiger partial charge in [-0.25, -0.2) is 4.21 Å². The van der Waals surface area contributed by atoms with Crippen LogP contribution in [0.5, 0.6) is 0 Å². The average Bonchev–Trinajstić information content (AvgIpc) is 2.67. The number of hydrogen-bond donors (Lipinski definition) is 2. The van der Waals surface area contributed by atoms with Crippen LogP contribution in [0.4, 0.5) is 0 Å². The maximum absolute atomic E-state index is 11.0. The van der Waals surface area contributed by atoms with Gasteiger partial charge in [-0.15, -0.1) is 0 Å². The molecule has 0 aliphatic heterocycles. The molecule has 0 bridgehead atoms. The predicted molar refractivity (Wildman–Crippen MR) is 59.1 cm³/mol. The molecule has 0 saturated carbocycles. The summed E-state index contributed by atoms with van der Waals surface area (Å²) in [5.74, 6) is 0. The van der Waals surface area contributed by atoms with Crippen molar-refractivity contribution in [3.63, 3.8) is 0 Å². The maximum atomic E-state index is 11.0. The minimum absolute atomic E-state index is 0.457. The van der Waals surface area contributed by atoms with Crippen LogP contribution in [0.25, 0.3) is 0 Å². The molecule has 3 nitrogen and oxygen atoms in total. The van der Waals surface area contributed by atoms with Crippen molar-refractivity contribution < 1.29 is 8.76 Å². The zero-order valence-electron chi connectivity index (χ0n) is 8.01. The van der Waals surface area contributed by atoms with E-state index in [1.165, 1.54) is 0 Å². The van der Waals surface area contributed by atoms with Gasteiger partial charge in [0.1, 0.15) is 0 Å². The van der Waals surface area contributed by atoms with E-state index in [1.54, 1.807) is 12.4 Å². The largest absolute Gasteiger partial charge is 0.366 e. The summed E-state index contributed by atoms with van der Waals surface area (Å²) in [6, 6.07) is 9.86. The lowest BCUT2D eigenvalue weighted by atomic mass is 10.1. The van der Waals surface area contributed by atoms with Crippen LogP contribution in [-0.2, 0) is 17.5 Å². The molecule has 0 saturated heterocycles. The van der Waals surface area contributed by atoms with E-state index in [1.807, 2.05) is 30.3 Å². The van der Waals surface area contributed by atoms with Gasteiger partial charge in [0, 0.05) is 18.8 Å². The molecule has 0 amide bonds. The Morgan fingerprint density at radius 3 is 2.60 bits per heavy atom. The van der Waals surface area contributed by atoms with E-state index >= 15 is 0 Å². The first-order valence-electron chi connectivity index (χ1n) is 4.58. The highest BCUT2D eigenvalue weighted by Gasteiger charge is 2.08. The molecule has 0 aliphatic carbocycles.